The van der Waals surface area contributed by atoms with Gasteiger partial charge in [-0.15, -0.1) is 0 Å². The summed E-state index contributed by atoms with van der Waals surface area (Å²) in [6.07, 6.45) is 0.283. The Bertz CT molecular complexity index is 419. The van der Waals surface area contributed by atoms with Gasteiger partial charge in [-0.1, -0.05) is 6.07 Å². The van der Waals surface area contributed by atoms with Crippen molar-refractivity contribution in [2.24, 2.45) is 5.73 Å². The van der Waals surface area contributed by atoms with E-state index in [0.29, 0.717) is 24.7 Å². The molecule has 0 spiro atoms. The van der Waals surface area contributed by atoms with Gasteiger partial charge in [0.1, 0.15) is 12.4 Å². The van der Waals surface area contributed by atoms with Crippen LogP contribution in [-0.4, -0.2) is 32.3 Å². The molecule has 1 amide bonds. The quantitative estimate of drug-likeness (QED) is 0.737. The minimum Gasteiger partial charge on any atom is -0.489 e. The predicted octanol–water partition coefficient (Wildman–Crippen LogP) is 1.70. The smallest absolute Gasteiger partial charge is 0.226 e. The number of ether oxygens (including phenoxy) is 2. The largest absolute Gasteiger partial charge is 0.489 e. The molecular formula is C14H22N2O3. The number of nitrogens with one attached hydrogen (secondary N) is 1. The Hall–Kier alpha value is -1.59. The van der Waals surface area contributed by atoms with Gasteiger partial charge in [-0.2, -0.15) is 0 Å². The fraction of sp³-hybridized carbons (Fsp3) is 0.500. The molecule has 1 aromatic rings. The van der Waals surface area contributed by atoms with Crippen LogP contribution in [0.5, 0.6) is 5.75 Å². The molecule has 0 saturated heterocycles. The van der Waals surface area contributed by atoms with Crippen LogP contribution in [-0.2, 0) is 9.53 Å². The van der Waals surface area contributed by atoms with E-state index < -0.39 is 0 Å². The molecule has 5 nitrogen and oxygen atoms in total. The maximum atomic E-state index is 11.7. The van der Waals surface area contributed by atoms with E-state index in [-0.39, 0.29) is 18.4 Å². The third kappa shape index (κ3) is 5.72. The summed E-state index contributed by atoms with van der Waals surface area (Å²) in [4.78, 5) is 11.7. The average molecular weight is 266 g/mol. The van der Waals surface area contributed by atoms with Crippen molar-refractivity contribution < 1.29 is 14.3 Å². The van der Waals surface area contributed by atoms with Crippen molar-refractivity contribution in [1.82, 2.24) is 0 Å². The van der Waals surface area contributed by atoms with Crippen LogP contribution in [0.4, 0.5) is 5.69 Å². The van der Waals surface area contributed by atoms with Gasteiger partial charge in [-0.25, -0.2) is 0 Å². The topological polar surface area (TPSA) is 73.6 Å². The molecular weight excluding hydrogens is 244 g/mol. The van der Waals surface area contributed by atoms with Crippen LogP contribution in [0.15, 0.2) is 18.2 Å². The van der Waals surface area contributed by atoms with Crippen LogP contribution < -0.4 is 15.8 Å². The highest BCUT2D eigenvalue weighted by Crippen LogP contribution is 2.25. The Kier molecular flexibility index (Phi) is 6.32. The van der Waals surface area contributed by atoms with Crippen molar-refractivity contribution in [1.29, 1.82) is 0 Å². The van der Waals surface area contributed by atoms with Gasteiger partial charge in [0.25, 0.3) is 0 Å². The van der Waals surface area contributed by atoms with E-state index in [4.69, 9.17) is 15.2 Å². The molecule has 0 saturated carbocycles. The summed E-state index contributed by atoms with van der Waals surface area (Å²) in [5, 5.41) is 2.81. The normalized spacial score (nSPS) is 12.0. The Balaban J connectivity index is 2.72. The number of carbonyl (C=O) groups excluding carboxylic acids is 1. The van der Waals surface area contributed by atoms with Crippen LogP contribution in [0, 0.1) is 6.92 Å². The maximum Gasteiger partial charge on any atom is 0.226 e. The highest BCUT2D eigenvalue weighted by Gasteiger charge is 2.10. The molecule has 0 radical (unpaired) electrons. The summed E-state index contributed by atoms with van der Waals surface area (Å²) in [6, 6.07) is 5.47. The summed E-state index contributed by atoms with van der Waals surface area (Å²) < 4.78 is 10.5. The number of hydrogen-bond acceptors (Lipinski definition) is 4. The lowest BCUT2D eigenvalue weighted by molar-refractivity contribution is -0.116. The monoisotopic (exact) mass is 266 g/mol. The van der Waals surface area contributed by atoms with Gasteiger partial charge in [-0.3, -0.25) is 4.79 Å². The van der Waals surface area contributed by atoms with Crippen molar-refractivity contribution in [3.63, 3.8) is 0 Å². The molecule has 19 heavy (non-hydrogen) atoms. The van der Waals surface area contributed by atoms with Crippen molar-refractivity contribution in [2.45, 2.75) is 26.3 Å². The van der Waals surface area contributed by atoms with E-state index in [1.807, 2.05) is 25.1 Å². The second kappa shape index (κ2) is 7.76. The number of carbonyl (C=O) groups is 1. The Morgan fingerprint density at radius 2 is 2.16 bits per heavy atom. The van der Waals surface area contributed by atoms with Gasteiger partial charge >= 0.3 is 0 Å². The standard InChI is InChI=1S/C14H22N2O3/c1-10-4-5-12(16-14(17)9-11(2)15)13(8-10)19-7-6-18-3/h4-5,8,11H,6-7,9,15H2,1-3H3,(H,16,17). The minimum atomic E-state index is -0.164. The number of amides is 1. The summed E-state index contributed by atoms with van der Waals surface area (Å²) in [7, 11) is 1.62. The highest BCUT2D eigenvalue weighted by atomic mass is 16.5. The van der Waals surface area contributed by atoms with Crippen molar-refractivity contribution >= 4 is 11.6 Å². The van der Waals surface area contributed by atoms with Gasteiger partial charge in [0.05, 0.1) is 12.3 Å². The lowest BCUT2D eigenvalue weighted by atomic mass is 10.2. The SMILES string of the molecule is COCCOc1cc(C)ccc1NC(=O)CC(C)N. The maximum absolute atomic E-state index is 11.7. The van der Waals surface area contributed by atoms with Gasteiger partial charge in [0.2, 0.25) is 5.91 Å². The first kappa shape index (κ1) is 15.5. The molecule has 0 bridgehead atoms. The van der Waals surface area contributed by atoms with Crippen LogP contribution in [0.3, 0.4) is 0 Å². The lowest BCUT2D eigenvalue weighted by Crippen LogP contribution is -2.24. The molecule has 0 heterocycles. The zero-order valence-electron chi connectivity index (χ0n) is 11.7. The molecule has 1 rings (SSSR count). The van der Waals surface area contributed by atoms with E-state index in [2.05, 4.69) is 5.32 Å². The van der Waals surface area contributed by atoms with E-state index in [9.17, 15) is 4.79 Å². The van der Waals surface area contributed by atoms with Gasteiger partial charge in [-0.05, 0) is 31.5 Å². The minimum absolute atomic E-state index is 0.115. The molecule has 0 aliphatic heterocycles. The molecule has 5 heteroatoms. The first-order valence-electron chi connectivity index (χ1n) is 6.30. The van der Waals surface area contributed by atoms with Gasteiger partial charge in [0.15, 0.2) is 0 Å². The Morgan fingerprint density at radius 3 is 2.79 bits per heavy atom. The van der Waals surface area contributed by atoms with Gasteiger partial charge in [0, 0.05) is 19.6 Å². The van der Waals surface area contributed by atoms with Crippen LogP contribution in [0.1, 0.15) is 18.9 Å². The lowest BCUT2D eigenvalue weighted by Gasteiger charge is -2.14. The molecule has 3 N–H and O–H groups in total. The second-order valence-electron chi connectivity index (χ2n) is 4.57. The van der Waals surface area contributed by atoms with Gasteiger partial charge < -0.3 is 20.5 Å². The predicted molar refractivity (Wildman–Crippen MR) is 75.4 cm³/mol. The highest BCUT2D eigenvalue weighted by molar-refractivity contribution is 5.92. The van der Waals surface area contributed by atoms with E-state index in [1.165, 1.54) is 0 Å². The van der Waals surface area contributed by atoms with E-state index >= 15 is 0 Å². The number of aryl methyl sites for hydroxylation is 1. The van der Waals surface area contributed by atoms with E-state index in [1.54, 1.807) is 14.0 Å². The van der Waals surface area contributed by atoms with Crippen LogP contribution >= 0.6 is 0 Å². The number of rotatable bonds is 7. The molecule has 1 unspecified atom stereocenters. The summed E-state index contributed by atoms with van der Waals surface area (Å²) in [5.74, 6) is 0.533. The van der Waals surface area contributed by atoms with Crippen LogP contribution in [0.2, 0.25) is 0 Å². The Labute approximate surface area is 114 Å². The van der Waals surface area contributed by atoms with E-state index in [0.717, 1.165) is 5.56 Å². The van der Waals surface area contributed by atoms with Crippen molar-refractivity contribution in [3.05, 3.63) is 23.8 Å². The number of nitrogens with two attached hydrogens (primary N) is 1. The zero-order valence-corrected chi connectivity index (χ0v) is 11.7. The molecule has 1 aromatic carbocycles. The first-order chi connectivity index (χ1) is 9.02. The van der Waals surface area contributed by atoms with Crippen LogP contribution in [0.25, 0.3) is 0 Å². The molecule has 0 aliphatic carbocycles. The summed E-state index contributed by atoms with van der Waals surface area (Å²) in [5.41, 5.74) is 7.33. The molecule has 106 valence electrons. The van der Waals surface area contributed by atoms with Crippen molar-refractivity contribution in [3.8, 4) is 5.75 Å². The first-order valence-corrected chi connectivity index (χ1v) is 6.30. The number of benzene rings is 1. The molecule has 1 atom stereocenters. The Morgan fingerprint density at radius 1 is 1.42 bits per heavy atom. The zero-order chi connectivity index (χ0) is 14.3. The second-order valence-corrected chi connectivity index (χ2v) is 4.57. The summed E-state index contributed by atoms with van der Waals surface area (Å²) >= 11 is 0. The molecule has 0 fully saturated rings. The fourth-order valence-corrected chi connectivity index (χ4v) is 1.58. The average Bonchev–Trinajstić information content (AvgIpc) is 2.32. The number of anilines is 1. The fourth-order valence-electron chi connectivity index (χ4n) is 1.58. The molecule has 0 aromatic heterocycles. The third-order valence-electron chi connectivity index (χ3n) is 2.46. The number of hydrogen-bond donors (Lipinski definition) is 2. The number of methoxy groups -OCH3 is 1. The third-order valence-corrected chi connectivity index (χ3v) is 2.46. The molecule has 0 aliphatic rings. The summed E-state index contributed by atoms with van der Waals surface area (Å²) in [6.45, 7) is 4.71. The van der Waals surface area contributed by atoms with Crippen molar-refractivity contribution in [2.75, 3.05) is 25.6 Å².